The summed E-state index contributed by atoms with van der Waals surface area (Å²) in [5, 5.41) is 4.34. The van der Waals surface area contributed by atoms with E-state index in [0.29, 0.717) is 48.8 Å². The third-order valence-corrected chi connectivity index (χ3v) is 7.11. The zero-order valence-corrected chi connectivity index (χ0v) is 18.9. The molecule has 0 aliphatic carbocycles. The van der Waals surface area contributed by atoms with E-state index in [9.17, 15) is 13.2 Å². The predicted octanol–water partition coefficient (Wildman–Crippen LogP) is 3.50. The van der Waals surface area contributed by atoms with Gasteiger partial charge in [-0.05, 0) is 55.5 Å². The number of carbonyl (C=O) groups excluding carboxylic acids is 1. The molecular formula is C24H26N2O5S. The molecule has 0 unspecified atom stereocenters. The molecule has 8 heteroatoms. The molecule has 3 aromatic rings. The lowest BCUT2D eigenvalue weighted by Gasteiger charge is -2.18. The predicted molar refractivity (Wildman–Crippen MR) is 124 cm³/mol. The first kappa shape index (κ1) is 22.0. The minimum absolute atomic E-state index is 0.247. The molecule has 0 spiro atoms. The van der Waals surface area contributed by atoms with Gasteiger partial charge in [0.2, 0.25) is 5.91 Å². The molecule has 0 atom stereocenters. The van der Waals surface area contributed by atoms with Gasteiger partial charge in [-0.15, -0.1) is 0 Å². The second kappa shape index (κ2) is 9.08. The van der Waals surface area contributed by atoms with Crippen molar-refractivity contribution in [2.24, 2.45) is 0 Å². The molecule has 1 heterocycles. The van der Waals surface area contributed by atoms with Crippen molar-refractivity contribution in [3.05, 3.63) is 60.2 Å². The molecule has 0 saturated carbocycles. The molecule has 3 aromatic carbocycles. The summed E-state index contributed by atoms with van der Waals surface area (Å²) in [6.45, 7) is 5.02. The Bertz CT molecular complexity index is 1250. The summed E-state index contributed by atoms with van der Waals surface area (Å²) in [5.41, 5.74) is 1.53. The molecule has 1 amide bonds. The molecule has 168 valence electrons. The van der Waals surface area contributed by atoms with E-state index in [0.717, 1.165) is 10.9 Å². The SMILES string of the molecule is CCOc1ccc(CCNC(=O)CN2c3cccc4cccc(c34)S2(=O)=O)cc1OCC. The summed E-state index contributed by atoms with van der Waals surface area (Å²) in [5.74, 6) is 1.01. The molecule has 1 N–H and O–H groups in total. The van der Waals surface area contributed by atoms with Gasteiger partial charge >= 0.3 is 0 Å². The van der Waals surface area contributed by atoms with Gasteiger partial charge in [-0.2, -0.15) is 0 Å². The van der Waals surface area contributed by atoms with Crippen LogP contribution in [0.3, 0.4) is 0 Å². The molecule has 7 nitrogen and oxygen atoms in total. The van der Waals surface area contributed by atoms with Crippen LogP contribution in [0.15, 0.2) is 59.5 Å². The number of nitrogens with zero attached hydrogens (tertiary/aromatic N) is 1. The average Bonchev–Trinajstić information content (AvgIpc) is 2.99. The van der Waals surface area contributed by atoms with Gasteiger partial charge in [0, 0.05) is 11.9 Å². The fourth-order valence-electron chi connectivity index (χ4n) is 3.91. The lowest BCUT2D eigenvalue weighted by Crippen LogP contribution is -2.39. The summed E-state index contributed by atoms with van der Waals surface area (Å²) in [6.07, 6.45) is 0.584. The fraction of sp³-hybridized carbons (Fsp3) is 0.292. The van der Waals surface area contributed by atoms with Crippen LogP contribution in [0.25, 0.3) is 10.8 Å². The van der Waals surface area contributed by atoms with Crippen LogP contribution < -0.4 is 19.1 Å². The molecule has 1 aliphatic rings. The van der Waals surface area contributed by atoms with Crippen molar-refractivity contribution < 1.29 is 22.7 Å². The van der Waals surface area contributed by atoms with Crippen molar-refractivity contribution in [3.8, 4) is 11.5 Å². The smallest absolute Gasteiger partial charge is 0.265 e. The maximum Gasteiger partial charge on any atom is 0.265 e. The van der Waals surface area contributed by atoms with Gasteiger partial charge in [0.15, 0.2) is 11.5 Å². The molecule has 32 heavy (non-hydrogen) atoms. The summed E-state index contributed by atoms with van der Waals surface area (Å²) < 4.78 is 38.4. The van der Waals surface area contributed by atoms with Crippen molar-refractivity contribution >= 4 is 32.4 Å². The lowest BCUT2D eigenvalue weighted by atomic mass is 10.1. The zero-order valence-electron chi connectivity index (χ0n) is 18.1. The number of rotatable bonds is 9. The van der Waals surface area contributed by atoms with Crippen LogP contribution in [0.5, 0.6) is 11.5 Å². The standard InChI is InChI=1S/C24H26N2O5S/c1-3-30-20-12-11-17(15-21(20)31-4-2)13-14-25-23(27)16-26-19-9-5-7-18-8-6-10-22(24(18)19)32(26,28)29/h5-12,15H,3-4,13-14,16H2,1-2H3,(H,25,27). The van der Waals surface area contributed by atoms with Crippen LogP contribution in [-0.2, 0) is 21.2 Å². The van der Waals surface area contributed by atoms with Crippen molar-refractivity contribution in [3.63, 3.8) is 0 Å². The number of carbonyl (C=O) groups is 1. The van der Waals surface area contributed by atoms with E-state index in [1.54, 1.807) is 24.3 Å². The van der Waals surface area contributed by atoms with Crippen LogP contribution in [0.1, 0.15) is 19.4 Å². The fourth-order valence-corrected chi connectivity index (χ4v) is 5.58. The van der Waals surface area contributed by atoms with E-state index in [-0.39, 0.29) is 17.3 Å². The molecule has 0 radical (unpaired) electrons. The molecule has 1 aliphatic heterocycles. The Labute approximate surface area is 188 Å². The van der Waals surface area contributed by atoms with Crippen LogP contribution in [-0.4, -0.2) is 40.6 Å². The third kappa shape index (κ3) is 4.10. The minimum atomic E-state index is -3.75. The normalized spacial score (nSPS) is 13.9. The second-order valence-electron chi connectivity index (χ2n) is 7.39. The topological polar surface area (TPSA) is 84.9 Å². The monoisotopic (exact) mass is 454 g/mol. The van der Waals surface area contributed by atoms with Gasteiger partial charge < -0.3 is 14.8 Å². The Balaban J connectivity index is 1.41. The number of sulfonamides is 1. The number of anilines is 1. The van der Waals surface area contributed by atoms with Gasteiger partial charge in [0.05, 0.1) is 23.8 Å². The van der Waals surface area contributed by atoms with Gasteiger partial charge in [-0.25, -0.2) is 8.42 Å². The van der Waals surface area contributed by atoms with Gasteiger partial charge in [-0.3, -0.25) is 9.10 Å². The van der Waals surface area contributed by atoms with E-state index in [2.05, 4.69) is 5.32 Å². The Kier molecular flexibility index (Phi) is 6.23. The van der Waals surface area contributed by atoms with Crippen LogP contribution in [0, 0.1) is 0 Å². The third-order valence-electron chi connectivity index (χ3n) is 5.31. The highest BCUT2D eigenvalue weighted by Gasteiger charge is 2.36. The molecule has 0 aromatic heterocycles. The second-order valence-corrected chi connectivity index (χ2v) is 9.22. The first-order valence-electron chi connectivity index (χ1n) is 10.7. The first-order valence-corrected chi connectivity index (χ1v) is 12.1. The molecular weight excluding hydrogens is 428 g/mol. The van der Waals surface area contributed by atoms with Crippen molar-refractivity contribution in [1.82, 2.24) is 5.32 Å². The Hall–Kier alpha value is -3.26. The number of amides is 1. The van der Waals surface area contributed by atoms with Crippen LogP contribution in [0.2, 0.25) is 0 Å². The summed E-state index contributed by atoms with van der Waals surface area (Å²) in [7, 11) is -3.75. The zero-order chi connectivity index (χ0) is 22.7. The minimum Gasteiger partial charge on any atom is -0.490 e. The van der Waals surface area contributed by atoms with Gasteiger partial charge in [-0.1, -0.05) is 30.3 Å². The summed E-state index contributed by atoms with van der Waals surface area (Å²) in [6, 6.07) is 16.3. The average molecular weight is 455 g/mol. The highest BCUT2D eigenvalue weighted by molar-refractivity contribution is 7.93. The van der Waals surface area contributed by atoms with Crippen molar-refractivity contribution in [2.45, 2.75) is 25.2 Å². The molecule has 4 rings (SSSR count). The summed E-state index contributed by atoms with van der Waals surface area (Å²) in [4.78, 5) is 12.8. The largest absolute Gasteiger partial charge is 0.490 e. The van der Waals surface area contributed by atoms with E-state index in [1.165, 1.54) is 4.31 Å². The Morgan fingerprint density at radius 3 is 2.44 bits per heavy atom. The quantitative estimate of drug-likeness (QED) is 0.535. The number of benzene rings is 3. The maximum absolute atomic E-state index is 13.0. The number of hydrogen-bond donors (Lipinski definition) is 1. The van der Waals surface area contributed by atoms with Crippen molar-refractivity contribution in [1.29, 1.82) is 0 Å². The highest BCUT2D eigenvalue weighted by Crippen LogP contribution is 2.41. The van der Waals surface area contributed by atoms with Gasteiger partial charge in [0.25, 0.3) is 10.0 Å². The van der Waals surface area contributed by atoms with E-state index in [4.69, 9.17) is 9.47 Å². The maximum atomic E-state index is 13.0. The number of ether oxygens (including phenoxy) is 2. The van der Waals surface area contributed by atoms with Crippen LogP contribution >= 0.6 is 0 Å². The van der Waals surface area contributed by atoms with Crippen LogP contribution in [0.4, 0.5) is 5.69 Å². The van der Waals surface area contributed by atoms with E-state index < -0.39 is 10.0 Å². The number of hydrogen-bond acceptors (Lipinski definition) is 5. The van der Waals surface area contributed by atoms with Crippen molar-refractivity contribution in [2.75, 3.05) is 30.6 Å². The lowest BCUT2D eigenvalue weighted by molar-refractivity contribution is -0.119. The molecule has 0 bridgehead atoms. The number of nitrogens with one attached hydrogen (secondary N) is 1. The first-order chi connectivity index (χ1) is 15.5. The van der Waals surface area contributed by atoms with E-state index in [1.807, 2.05) is 44.2 Å². The van der Waals surface area contributed by atoms with E-state index >= 15 is 0 Å². The summed E-state index contributed by atoms with van der Waals surface area (Å²) >= 11 is 0. The van der Waals surface area contributed by atoms with Gasteiger partial charge in [0.1, 0.15) is 6.54 Å². The molecule has 0 saturated heterocycles. The Morgan fingerprint density at radius 1 is 0.969 bits per heavy atom. The molecule has 0 fully saturated rings. The Morgan fingerprint density at radius 2 is 1.69 bits per heavy atom. The highest BCUT2D eigenvalue weighted by atomic mass is 32.2.